The number of hydrogen-bond acceptors (Lipinski definition) is 5. The highest BCUT2D eigenvalue weighted by Crippen LogP contribution is 2.20. The van der Waals surface area contributed by atoms with E-state index in [1.54, 1.807) is 12.3 Å². The molecule has 0 bridgehead atoms. The van der Waals surface area contributed by atoms with E-state index < -0.39 is 0 Å². The number of aromatic nitrogens is 2. The molecular weight excluding hydrogens is 292 g/mol. The normalized spacial score (nSPS) is 14.6. The van der Waals surface area contributed by atoms with E-state index in [1.165, 1.54) is 0 Å². The van der Waals surface area contributed by atoms with E-state index in [0.29, 0.717) is 24.9 Å². The second-order valence-electron chi connectivity index (χ2n) is 5.56. The zero-order chi connectivity index (χ0) is 16.2. The molecule has 0 atom stereocenters. The summed E-state index contributed by atoms with van der Waals surface area (Å²) in [6, 6.07) is 7.55. The summed E-state index contributed by atoms with van der Waals surface area (Å²) in [5.74, 6) is 0.349. The van der Waals surface area contributed by atoms with Gasteiger partial charge in [-0.15, -0.1) is 0 Å². The number of benzene rings is 1. The van der Waals surface area contributed by atoms with Crippen LogP contribution >= 0.6 is 0 Å². The van der Waals surface area contributed by atoms with Gasteiger partial charge in [0.1, 0.15) is 5.69 Å². The van der Waals surface area contributed by atoms with Crippen LogP contribution < -0.4 is 10.2 Å². The molecule has 23 heavy (non-hydrogen) atoms. The van der Waals surface area contributed by atoms with Gasteiger partial charge in [-0.3, -0.25) is 4.79 Å². The third-order valence-corrected chi connectivity index (χ3v) is 3.89. The van der Waals surface area contributed by atoms with Gasteiger partial charge in [0.25, 0.3) is 5.91 Å². The predicted octanol–water partition coefficient (Wildman–Crippen LogP) is 2.18. The van der Waals surface area contributed by atoms with Gasteiger partial charge in [0, 0.05) is 25.0 Å². The van der Waals surface area contributed by atoms with Crippen molar-refractivity contribution in [3.8, 4) is 0 Å². The van der Waals surface area contributed by atoms with E-state index in [9.17, 15) is 4.79 Å². The van der Waals surface area contributed by atoms with Gasteiger partial charge in [-0.05, 0) is 31.0 Å². The number of hydrogen-bond donors (Lipinski definition) is 1. The summed E-state index contributed by atoms with van der Waals surface area (Å²) < 4.78 is 5.33. The Kier molecular flexibility index (Phi) is 4.52. The topological polar surface area (TPSA) is 67.4 Å². The first-order valence-corrected chi connectivity index (χ1v) is 7.68. The molecule has 6 heteroatoms. The molecule has 1 aliphatic heterocycles. The van der Waals surface area contributed by atoms with Gasteiger partial charge in [-0.25, -0.2) is 9.97 Å². The maximum atomic E-state index is 12.5. The van der Waals surface area contributed by atoms with Gasteiger partial charge in [0.2, 0.25) is 5.95 Å². The Labute approximate surface area is 135 Å². The van der Waals surface area contributed by atoms with Crippen molar-refractivity contribution >= 4 is 17.5 Å². The van der Waals surface area contributed by atoms with Crippen LogP contribution in [0.5, 0.6) is 0 Å². The third kappa shape index (κ3) is 3.48. The molecule has 1 aromatic heterocycles. The molecule has 1 aromatic carbocycles. The molecule has 0 spiro atoms. The van der Waals surface area contributed by atoms with Crippen LogP contribution in [0.15, 0.2) is 30.5 Å². The van der Waals surface area contributed by atoms with Crippen molar-refractivity contribution < 1.29 is 9.53 Å². The Morgan fingerprint density at radius 3 is 2.57 bits per heavy atom. The molecule has 1 aliphatic rings. The van der Waals surface area contributed by atoms with Crippen LogP contribution in [0.4, 0.5) is 11.6 Å². The summed E-state index contributed by atoms with van der Waals surface area (Å²) in [5, 5.41) is 2.95. The summed E-state index contributed by atoms with van der Waals surface area (Å²) in [7, 11) is 0. The molecule has 6 nitrogen and oxygen atoms in total. The molecule has 1 amide bonds. The fourth-order valence-corrected chi connectivity index (χ4v) is 2.58. The van der Waals surface area contributed by atoms with Gasteiger partial charge < -0.3 is 15.0 Å². The van der Waals surface area contributed by atoms with E-state index in [0.717, 1.165) is 29.9 Å². The Hall–Kier alpha value is -2.47. The van der Waals surface area contributed by atoms with Crippen LogP contribution in [-0.2, 0) is 4.74 Å². The lowest BCUT2D eigenvalue weighted by atomic mass is 10.1. The first-order valence-electron chi connectivity index (χ1n) is 7.68. The third-order valence-electron chi connectivity index (χ3n) is 3.89. The fraction of sp³-hybridized carbons (Fsp3) is 0.353. The second kappa shape index (κ2) is 6.75. The summed E-state index contributed by atoms with van der Waals surface area (Å²) in [5.41, 5.74) is 3.26. The van der Waals surface area contributed by atoms with Crippen LogP contribution in [-0.4, -0.2) is 42.2 Å². The molecule has 0 unspecified atom stereocenters. The van der Waals surface area contributed by atoms with Crippen LogP contribution in [0.2, 0.25) is 0 Å². The molecule has 0 radical (unpaired) electrons. The van der Waals surface area contributed by atoms with Crippen molar-refractivity contribution in [1.29, 1.82) is 0 Å². The molecule has 3 rings (SSSR count). The number of para-hydroxylation sites is 1. The summed E-state index contributed by atoms with van der Waals surface area (Å²) in [4.78, 5) is 23.2. The maximum absolute atomic E-state index is 12.5. The SMILES string of the molecule is Cc1cccc(C)c1NC(=O)c1ccnc(N2CCOCC2)n1. The summed E-state index contributed by atoms with van der Waals surface area (Å²) in [6.45, 7) is 6.73. The number of nitrogens with zero attached hydrogens (tertiary/aromatic N) is 3. The molecule has 0 saturated carbocycles. The quantitative estimate of drug-likeness (QED) is 0.941. The minimum Gasteiger partial charge on any atom is -0.378 e. The standard InChI is InChI=1S/C17H20N4O2/c1-12-4-3-5-13(2)15(12)20-16(22)14-6-7-18-17(19-14)21-8-10-23-11-9-21/h3-7H,8-11H2,1-2H3,(H,20,22). The van der Waals surface area contributed by atoms with E-state index in [4.69, 9.17) is 4.74 Å². The maximum Gasteiger partial charge on any atom is 0.274 e. The fourth-order valence-electron chi connectivity index (χ4n) is 2.58. The van der Waals surface area contributed by atoms with Crippen LogP contribution in [0, 0.1) is 13.8 Å². The van der Waals surface area contributed by atoms with Crippen LogP contribution in [0.3, 0.4) is 0 Å². The minimum absolute atomic E-state index is 0.223. The number of amides is 1. The van der Waals surface area contributed by atoms with Crippen molar-refractivity contribution in [1.82, 2.24) is 9.97 Å². The monoisotopic (exact) mass is 312 g/mol. The first kappa shape index (κ1) is 15.4. The van der Waals surface area contributed by atoms with Crippen molar-refractivity contribution in [3.05, 3.63) is 47.3 Å². The van der Waals surface area contributed by atoms with Crippen LogP contribution in [0.1, 0.15) is 21.6 Å². The van der Waals surface area contributed by atoms with E-state index in [2.05, 4.69) is 15.3 Å². The average Bonchev–Trinajstić information content (AvgIpc) is 2.59. The minimum atomic E-state index is -0.223. The first-order chi connectivity index (χ1) is 11.1. The molecule has 0 aliphatic carbocycles. The van der Waals surface area contributed by atoms with Gasteiger partial charge in [-0.2, -0.15) is 0 Å². The Bertz CT molecular complexity index is 691. The summed E-state index contributed by atoms with van der Waals surface area (Å²) in [6.07, 6.45) is 1.62. The zero-order valence-electron chi connectivity index (χ0n) is 13.4. The smallest absolute Gasteiger partial charge is 0.274 e. The van der Waals surface area contributed by atoms with E-state index in [1.807, 2.05) is 36.9 Å². The molecule has 1 fully saturated rings. The van der Waals surface area contributed by atoms with Crippen molar-refractivity contribution in [2.75, 3.05) is 36.5 Å². The number of anilines is 2. The van der Waals surface area contributed by atoms with Crippen molar-refractivity contribution in [2.24, 2.45) is 0 Å². The number of morpholine rings is 1. The van der Waals surface area contributed by atoms with Crippen molar-refractivity contribution in [2.45, 2.75) is 13.8 Å². The number of nitrogens with one attached hydrogen (secondary N) is 1. The van der Waals surface area contributed by atoms with Crippen molar-refractivity contribution in [3.63, 3.8) is 0 Å². The zero-order valence-corrected chi connectivity index (χ0v) is 13.4. The largest absolute Gasteiger partial charge is 0.378 e. The van der Waals surface area contributed by atoms with Gasteiger partial charge >= 0.3 is 0 Å². The van der Waals surface area contributed by atoms with Gasteiger partial charge in [0.05, 0.1) is 13.2 Å². The van der Waals surface area contributed by atoms with E-state index >= 15 is 0 Å². The number of rotatable bonds is 3. The van der Waals surface area contributed by atoms with E-state index in [-0.39, 0.29) is 5.91 Å². The molecular formula is C17H20N4O2. The predicted molar refractivity (Wildman–Crippen MR) is 88.9 cm³/mol. The van der Waals surface area contributed by atoms with Crippen LogP contribution in [0.25, 0.3) is 0 Å². The van der Waals surface area contributed by atoms with Gasteiger partial charge in [0.15, 0.2) is 0 Å². The van der Waals surface area contributed by atoms with Gasteiger partial charge in [-0.1, -0.05) is 18.2 Å². The highest BCUT2D eigenvalue weighted by molar-refractivity contribution is 6.03. The number of carbonyl (C=O) groups is 1. The molecule has 2 heterocycles. The molecule has 1 N–H and O–H groups in total. The number of carbonyl (C=O) groups excluding carboxylic acids is 1. The Morgan fingerprint density at radius 1 is 1.17 bits per heavy atom. The average molecular weight is 312 g/mol. The lowest BCUT2D eigenvalue weighted by molar-refractivity contribution is 0.102. The highest BCUT2D eigenvalue weighted by Gasteiger charge is 2.17. The molecule has 120 valence electrons. The second-order valence-corrected chi connectivity index (χ2v) is 5.56. The molecule has 1 saturated heterocycles. The molecule has 2 aromatic rings. The Morgan fingerprint density at radius 2 is 1.87 bits per heavy atom. The lowest BCUT2D eigenvalue weighted by Gasteiger charge is -2.26. The highest BCUT2D eigenvalue weighted by atomic mass is 16.5. The summed E-state index contributed by atoms with van der Waals surface area (Å²) >= 11 is 0. The Balaban J connectivity index is 1.80. The number of aryl methyl sites for hydroxylation is 2. The lowest BCUT2D eigenvalue weighted by Crippen LogP contribution is -2.37. The number of ether oxygens (including phenoxy) is 1.